The molecule has 0 bridgehead atoms. The Morgan fingerprint density at radius 3 is 2.04 bits per heavy atom. The summed E-state index contributed by atoms with van der Waals surface area (Å²) in [6.07, 6.45) is 0.220. The largest absolute Gasteiger partial charge is 0.481 e. The van der Waals surface area contributed by atoms with Crippen molar-refractivity contribution in [3.8, 4) is 5.75 Å². The number of rotatable bonds is 7. The monoisotopic (exact) mass is 366 g/mol. The number of ether oxygens (including phenoxy) is 1. The summed E-state index contributed by atoms with van der Waals surface area (Å²) in [6.45, 7) is 14.1. The number of carboxylic acids is 1. The van der Waals surface area contributed by atoms with Crippen LogP contribution in [0.1, 0.15) is 61.3 Å². The fourth-order valence-electron chi connectivity index (χ4n) is 1.90. The molecule has 1 aromatic rings. The second-order valence-corrected chi connectivity index (χ2v) is 10.1. The molecule has 5 nitrogen and oxygen atoms in total. The van der Waals surface area contributed by atoms with Gasteiger partial charge in [-0.3, -0.25) is 4.79 Å². The number of benzene rings is 1. The van der Waals surface area contributed by atoms with Crippen molar-refractivity contribution < 1.29 is 14.6 Å². The molecule has 0 aliphatic carbocycles. The maximum Gasteiger partial charge on any atom is 0.303 e. The molecule has 0 radical (unpaired) electrons. The van der Waals surface area contributed by atoms with Crippen molar-refractivity contribution >= 4 is 17.7 Å². The minimum atomic E-state index is -1.01. The number of hydrogen-bond acceptors (Lipinski definition) is 5. The highest BCUT2D eigenvalue weighted by Crippen LogP contribution is 2.33. The first-order chi connectivity index (χ1) is 11.3. The number of thioether (sulfide) groups is 1. The van der Waals surface area contributed by atoms with E-state index in [9.17, 15) is 4.79 Å². The molecule has 0 saturated heterocycles. The van der Waals surface area contributed by atoms with Crippen molar-refractivity contribution in [2.24, 2.45) is 10.2 Å². The van der Waals surface area contributed by atoms with E-state index in [4.69, 9.17) is 9.84 Å². The maximum absolute atomic E-state index is 10.9. The standard InChI is InChI=1S/C19H30N2O3S/c1-17(2,3)20-21-19(7,13-12-16(22)23)24-14-8-10-15(11-9-14)25-18(4,5)6/h8-11H,12-13H2,1-7H3,(H,22,23). The van der Waals surface area contributed by atoms with Crippen LogP contribution in [-0.4, -0.2) is 27.1 Å². The first-order valence-corrected chi connectivity index (χ1v) is 9.24. The van der Waals surface area contributed by atoms with Crippen LogP contribution in [-0.2, 0) is 4.79 Å². The second kappa shape index (κ2) is 8.21. The van der Waals surface area contributed by atoms with Gasteiger partial charge in [0.05, 0.1) is 12.0 Å². The minimum Gasteiger partial charge on any atom is -0.481 e. The first kappa shape index (κ1) is 21.5. The molecule has 1 unspecified atom stereocenters. The Hall–Kier alpha value is -1.56. The van der Waals surface area contributed by atoms with Gasteiger partial charge in [-0.25, -0.2) is 0 Å². The number of hydrogen-bond donors (Lipinski definition) is 1. The smallest absolute Gasteiger partial charge is 0.303 e. The van der Waals surface area contributed by atoms with E-state index in [-0.39, 0.29) is 23.1 Å². The maximum atomic E-state index is 10.9. The minimum absolute atomic E-state index is 0.0301. The van der Waals surface area contributed by atoms with Crippen LogP contribution >= 0.6 is 11.8 Å². The highest BCUT2D eigenvalue weighted by atomic mass is 32.2. The predicted octanol–water partition coefficient (Wildman–Crippen LogP) is 5.79. The number of azo groups is 1. The highest BCUT2D eigenvalue weighted by molar-refractivity contribution is 8.00. The SMILES string of the molecule is CC(C)(C)N=NC(C)(CCC(=O)O)Oc1ccc(SC(C)(C)C)cc1. The average molecular weight is 367 g/mol. The molecule has 0 aliphatic rings. The summed E-state index contributed by atoms with van der Waals surface area (Å²) in [5, 5.41) is 17.6. The topological polar surface area (TPSA) is 71.2 Å². The normalized spacial score (nSPS) is 15.2. The molecule has 1 N–H and O–H groups in total. The van der Waals surface area contributed by atoms with E-state index in [1.807, 2.05) is 45.0 Å². The van der Waals surface area contributed by atoms with Crippen molar-refractivity contribution in [3.63, 3.8) is 0 Å². The van der Waals surface area contributed by atoms with E-state index in [0.29, 0.717) is 5.75 Å². The molecule has 0 fully saturated rings. The molecule has 0 aromatic heterocycles. The van der Waals surface area contributed by atoms with Crippen LogP contribution in [0.4, 0.5) is 0 Å². The Balaban J connectivity index is 2.93. The van der Waals surface area contributed by atoms with Gasteiger partial charge in [0, 0.05) is 16.1 Å². The van der Waals surface area contributed by atoms with Crippen molar-refractivity contribution in [2.45, 2.75) is 82.2 Å². The molecule has 1 rings (SSSR count). The van der Waals surface area contributed by atoms with E-state index < -0.39 is 11.7 Å². The Bertz CT molecular complexity index is 601. The Kier molecular flexibility index (Phi) is 7.06. The van der Waals surface area contributed by atoms with Crippen LogP contribution in [0, 0.1) is 0 Å². The average Bonchev–Trinajstić information content (AvgIpc) is 2.43. The zero-order chi connectivity index (χ0) is 19.3. The van der Waals surface area contributed by atoms with E-state index >= 15 is 0 Å². The lowest BCUT2D eigenvalue weighted by molar-refractivity contribution is -0.138. The molecule has 1 aromatic carbocycles. The van der Waals surface area contributed by atoms with Crippen molar-refractivity contribution in [3.05, 3.63) is 24.3 Å². The molecule has 0 spiro atoms. The molecular weight excluding hydrogens is 336 g/mol. The lowest BCUT2D eigenvalue weighted by Crippen LogP contribution is -2.31. The first-order valence-electron chi connectivity index (χ1n) is 8.42. The number of carboxylic acid groups (broad SMARTS) is 1. The van der Waals surface area contributed by atoms with Crippen molar-refractivity contribution in [1.82, 2.24) is 0 Å². The molecule has 0 amide bonds. The summed E-state index contributed by atoms with van der Waals surface area (Å²) in [5.74, 6) is -0.225. The Morgan fingerprint density at radius 1 is 1.04 bits per heavy atom. The summed E-state index contributed by atoms with van der Waals surface area (Å²) >= 11 is 1.78. The van der Waals surface area contributed by atoms with Gasteiger partial charge in [-0.1, -0.05) is 20.8 Å². The highest BCUT2D eigenvalue weighted by Gasteiger charge is 2.28. The van der Waals surface area contributed by atoms with Crippen LogP contribution in [0.15, 0.2) is 39.4 Å². The molecule has 140 valence electrons. The molecule has 0 heterocycles. The van der Waals surface area contributed by atoms with Crippen LogP contribution in [0.3, 0.4) is 0 Å². The lowest BCUT2D eigenvalue weighted by atomic mass is 10.1. The van der Waals surface area contributed by atoms with Gasteiger partial charge in [-0.15, -0.1) is 16.9 Å². The zero-order valence-corrected chi connectivity index (χ0v) is 17.1. The van der Waals surface area contributed by atoms with Crippen LogP contribution in [0.25, 0.3) is 0 Å². The third-order valence-corrected chi connectivity index (χ3v) is 4.07. The van der Waals surface area contributed by atoms with Gasteiger partial charge >= 0.3 is 5.97 Å². The second-order valence-electron chi connectivity index (χ2n) is 8.23. The molecule has 6 heteroatoms. The lowest BCUT2D eigenvalue weighted by Gasteiger charge is -2.26. The fraction of sp³-hybridized carbons (Fsp3) is 0.632. The third-order valence-electron chi connectivity index (χ3n) is 2.95. The summed E-state index contributed by atoms with van der Waals surface area (Å²) in [5.41, 5.74) is -1.36. The summed E-state index contributed by atoms with van der Waals surface area (Å²) in [6, 6.07) is 7.78. The summed E-state index contributed by atoms with van der Waals surface area (Å²) in [7, 11) is 0. The quantitative estimate of drug-likeness (QED) is 0.490. The summed E-state index contributed by atoms with van der Waals surface area (Å²) < 4.78 is 6.14. The molecule has 0 aliphatic heterocycles. The van der Waals surface area contributed by atoms with Crippen LogP contribution in [0.2, 0.25) is 0 Å². The fourth-order valence-corrected chi connectivity index (χ4v) is 2.88. The summed E-state index contributed by atoms with van der Waals surface area (Å²) in [4.78, 5) is 12.1. The zero-order valence-electron chi connectivity index (χ0n) is 16.3. The van der Waals surface area contributed by atoms with Gasteiger partial charge in [0.1, 0.15) is 5.75 Å². The molecular formula is C19H30N2O3S. The van der Waals surface area contributed by atoms with Gasteiger partial charge in [-0.2, -0.15) is 5.11 Å². The number of nitrogens with zero attached hydrogens (tertiary/aromatic N) is 2. The van der Waals surface area contributed by atoms with E-state index in [1.165, 1.54) is 0 Å². The van der Waals surface area contributed by atoms with E-state index in [1.54, 1.807) is 18.7 Å². The van der Waals surface area contributed by atoms with E-state index in [2.05, 4.69) is 31.0 Å². The van der Waals surface area contributed by atoms with Gasteiger partial charge in [0.25, 0.3) is 0 Å². The molecule has 1 atom stereocenters. The van der Waals surface area contributed by atoms with Crippen molar-refractivity contribution in [2.75, 3.05) is 0 Å². The van der Waals surface area contributed by atoms with Crippen LogP contribution < -0.4 is 4.74 Å². The van der Waals surface area contributed by atoms with Crippen molar-refractivity contribution in [1.29, 1.82) is 0 Å². The number of aliphatic carboxylic acids is 1. The van der Waals surface area contributed by atoms with Gasteiger partial charge in [0.15, 0.2) is 0 Å². The van der Waals surface area contributed by atoms with Gasteiger partial charge in [-0.05, 0) is 52.0 Å². The number of carbonyl (C=O) groups is 1. The molecule has 0 saturated carbocycles. The van der Waals surface area contributed by atoms with Gasteiger partial charge in [0.2, 0.25) is 5.72 Å². The third kappa shape index (κ3) is 9.48. The van der Waals surface area contributed by atoms with E-state index in [0.717, 1.165) is 4.90 Å². The van der Waals surface area contributed by atoms with Gasteiger partial charge < -0.3 is 9.84 Å². The molecule has 25 heavy (non-hydrogen) atoms. The Labute approximate surface area is 155 Å². The Morgan fingerprint density at radius 2 is 1.60 bits per heavy atom. The predicted molar refractivity (Wildman–Crippen MR) is 103 cm³/mol. The van der Waals surface area contributed by atoms with Crippen LogP contribution in [0.5, 0.6) is 5.75 Å².